The maximum atomic E-state index is 12.9. The fourth-order valence-electron chi connectivity index (χ4n) is 1.93. The summed E-state index contributed by atoms with van der Waals surface area (Å²) in [7, 11) is 0. The van der Waals surface area contributed by atoms with Gasteiger partial charge in [0.1, 0.15) is 5.82 Å². The van der Waals surface area contributed by atoms with Crippen molar-refractivity contribution in [2.24, 2.45) is 5.92 Å². The van der Waals surface area contributed by atoms with E-state index < -0.39 is 11.9 Å². The first-order valence-corrected chi connectivity index (χ1v) is 6.30. The minimum Gasteiger partial charge on any atom is -0.391 e. The predicted octanol–water partition coefficient (Wildman–Crippen LogP) is 2.35. The summed E-state index contributed by atoms with van der Waals surface area (Å²) in [5.41, 5.74) is 0.270. The summed E-state index contributed by atoms with van der Waals surface area (Å²) in [6.45, 7) is 4.21. The van der Waals surface area contributed by atoms with Crippen molar-refractivity contribution in [2.45, 2.75) is 32.8 Å². The van der Waals surface area contributed by atoms with Gasteiger partial charge >= 0.3 is 0 Å². The number of amides is 1. The molecule has 0 aliphatic carbocycles. The van der Waals surface area contributed by atoms with Gasteiger partial charge < -0.3 is 10.4 Å². The fourth-order valence-corrected chi connectivity index (χ4v) is 1.93. The Balaban J connectivity index is 2.51. The maximum absolute atomic E-state index is 12.9. The second kappa shape index (κ2) is 7.11. The number of nitrogens with one attached hydrogen (secondary N) is 1. The zero-order chi connectivity index (χ0) is 13.5. The third-order valence-electron chi connectivity index (χ3n) is 3.15. The lowest BCUT2D eigenvalue weighted by molar-refractivity contribution is 0.0816. The molecule has 18 heavy (non-hydrogen) atoms. The minimum absolute atomic E-state index is 0.179. The number of carbonyl (C=O) groups is 1. The molecule has 100 valence electrons. The smallest absolute Gasteiger partial charge is 0.251 e. The van der Waals surface area contributed by atoms with Crippen molar-refractivity contribution >= 4 is 5.91 Å². The normalized spacial score (nSPS) is 12.5. The van der Waals surface area contributed by atoms with Crippen molar-refractivity contribution in [3.63, 3.8) is 0 Å². The molecular weight excluding hydrogens is 233 g/mol. The molecule has 0 aliphatic heterocycles. The van der Waals surface area contributed by atoms with Gasteiger partial charge in [0, 0.05) is 12.1 Å². The summed E-state index contributed by atoms with van der Waals surface area (Å²) in [5, 5.41) is 12.5. The van der Waals surface area contributed by atoms with E-state index in [4.69, 9.17) is 0 Å². The molecule has 4 heteroatoms. The van der Waals surface area contributed by atoms with E-state index in [0.29, 0.717) is 0 Å². The molecule has 0 bridgehead atoms. The van der Waals surface area contributed by atoms with E-state index in [1.165, 1.54) is 18.2 Å². The van der Waals surface area contributed by atoms with Crippen molar-refractivity contribution in [1.29, 1.82) is 0 Å². The van der Waals surface area contributed by atoms with Crippen LogP contribution in [0.4, 0.5) is 4.39 Å². The number of aliphatic hydroxyl groups is 1. The molecule has 0 radical (unpaired) electrons. The van der Waals surface area contributed by atoms with E-state index >= 15 is 0 Å². The van der Waals surface area contributed by atoms with Crippen molar-refractivity contribution in [2.75, 3.05) is 6.54 Å². The van der Waals surface area contributed by atoms with Crippen molar-refractivity contribution in [1.82, 2.24) is 5.32 Å². The standard InChI is InChI=1S/C14H20FNO2/c1-3-10(4-2)13(17)9-16-14(18)11-6-5-7-12(15)8-11/h5-8,10,13,17H,3-4,9H2,1-2H3,(H,16,18). The quantitative estimate of drug-likeness (QED) is 0.817. The molecular formula is C14H20FNO2. The summed E-state index contributed by atoms with van der Waals surface area (Å²) in [6.07, 6.45) is 1.18. The molecule has 0 saturated carbocycles. The molecule has 1 amide bonds. The van der Waals surface area contributed by atoms with Crippen LogP contribution in [-0.4, -0.2) is 23.7 Å². The monoisotopic (exact) mass is 253 g/mol. The van der Waals surface area contributed by atoms with Crippen LogP contribution < -0.4 is 5.32 Å². The van der Waals surface area contributed by atoms with Crippen molar-refractivity contribution in [3.05, 3.63) is 35.6 Å². The number of halogens is 1. The van der Waals surface area contributed by atoms with E-state index in [1.807, 2.05) is 13.8 Å². The molecule has 0 saturated heterocycles. The molecule has 3 nitrogen and oxygen atoms in total. The molecule has 2 N–H and O–H groups in total. The largest absolute Gasteiger partial charge is 0.391 e. The number of benzene rings is 1. The number of hydrogen-bond acceptors (Lipinski definition) is 2. The number of hydrogen-bond donors (Lipinski definition) is 2. The van der Waals surface area contributed by atoms with E-state index in [-0.39, 0.29) is 23.9 Å². The highest BCUT2D eigenvalue weighted by Crippen LogP contribution is 2.12. The minimum atomic E-state index is -0.558. The van der Waals surface area contributed by atoms with Crippen LogP contribution in [0.2, 0.25) is 0 Å². The molecule has 1 rings (SSSR count). The Morgan fingerprint density at radius 1 is 1.39 bits per heavy atom. The maximum Gasteiger partial charge on any atom is 0.251 e. The Hall–Kier alpha value is -1.42. The van der Waals surface area contributed by atoms with Gasteiger partial charge in [0.25, 0.3) is 5.91 Å². The lowest BCUT2D eigenvalue weighted by Crippen LogP contribution is -2.36. The third-order valence-corrected chi connectivity index (χ3v) is 3.15. The van der Waals surface area contributed by atoms with Crippen LogP contribution in [-0.2, 0) is 0 Å². The zero-order valence-electron chi connectivity index (χ0n) is 10.8. The molecule has 1 unspecified atom stereocenters. The SMILES string of the molecule is CCC(CC)C(O)CNC(=O)c1cccc(F)c1. The fraction of sp³-hybridized carbons (Fsp3) is 0.500. The molecule has 1 aromatic rings. The van der Waals surface area contributed by atoms with Gasteiger partial charge in [0.05, 0.1) is 6.10 Å². The lowest BCUT2D eigenvalue weighted by atomic mass is 9.96. The molecule has 0 spiro atoms. The van der Waals surface area contributed by atoms with Crippen LogP contribution in [0.5, 0.6) is 0 Å². The van der Waals surface area contributed by atoms with Gasteiger partial charge in [-0.25, -0.2) is 4.39 Å². The van der Waals surface area contributed by atoms with Gasteiger partial charge in [-0.15, -0.1) is 0 Å². The lowest BCUT2D eigenvalue weighted by Gasteiger charge is -2.20. The molecule has 1 atom stereocenters. The summed E-state index contributed by atoms with van der Waals surface area (Å²) < 4.78 is 12.9. The molecule has 0 aromatic heterocycles. The second-order valence-electron chi connectivity index (χ2n) is 4.36. The summed E-state index contributed by atoms with van der Waals surface area (Å²) in [5.74, 6) is -0.625. The topological polar surface area (TPSA) is 49.3 Å². The Morgan fingerprint density at radius 2 is 2.06 bits per heavy atom. The van der Waals surface area contributed by atoms with Gasteiger partial charge in [0.2, 0.25) is 0 Å². The third kappa shape index (κ3) is 4.11. The highest BCUT2D eigenvalue weighted by atomic mass is 19.1. The first-order valence-electron chi connectivity index (χ1n) is 6.30. The van der Waals surface area contributed by atoms with Gasteiger partial charge in [-0.3, -0.25) is 4.79 Å². The van der Waals surface area contributed by atoms with Crippen LogP contribution in [0.25, 0.3) is 0 Å². The Bertz CT molecular complexity index is 391. The van der Waals surface area contributed by atoms with Gasteiger partial charge in [-0.2, -0.15) is 0 Å². The van der Waals surface area contributed by atoms with Crippen LogP contribution in [0, 0.1) is 11.7 Å². The van der Waals surface area contributed by atoms with Gasteiger partial charge in [-0.05, 0) is 24.1 Å². The van der Waals surface area contributed by atoms with E-state index in [2.05, 4.69) is 5.32 Å². The Labute approximate surface area is 107 Å². The van der Waals surface area contributed by atoms with E-state index in [1.54, 1.807) is 6.07 Å². The average Bonchev–Trinajstić information content (AvgIpc) is 2.37. The molecule has 0 fully saturated rings. The van der Waals surface area contributed by atoms with E-state index in [9.17, 15) is 14.3 Å². The molecule has 0 heterocycles. The summed E-state index contributed by atoms with van der Waals surface area (Å²) in [4.78, 5) is 11.7. The van der Waals surface area contributed by atoms with Crippen LogP contribution in [0.1, 0.15) is 37.0 Å². The van der Waals surface area contributed by atoms with Crippen molar-refractivity contribution in [3.8, 4) is 0 Å². The van der Waals surface area contributed by atoms with Crippen LogP contribution in [0.15, 0.2) is 24.3 Å². The highest BCUT2D eigenvalue weighted by Gasteiger charge is 2.16. The van der Waals surface area contributed by atoms with E-state index in [0.717, 1.165) is 12.8 Å². The van der Waals surface area contributed by atoms with Crippen molar-refractivity contribution < 1.29 is 14.3 Å². The van der Waals surface area contributed by atoms with Gasteiger partial charge in [-0.1, -0.05) is 32.8 Å². The van der Waals surface area contributed by atoms with Gasteiger partial charge in [0.15, 0.2) is 0 Å². The number of carbonyl (C=O) groups excluding carboxylic acids is 1. The average molecular weight is 253 g/mol. The summed E-state index contributed by atoms with van der Waals surface area (Å²) >= 11 is 0. The first-order chi connectivity index (χ1) is 8.58. The number of aliphatic hydroxyl groups excluding tert-OH is 1. The van der Waals surface area contributed by atoms with Crippen LogP contribution >= 0.6 is 0 Å². The highest BCUT2D eigenvalue weighted by molar-refractivity contribution is 5.94. The molecule has 0 aliphatic rings. The molecule has 1 aromatic carbocycles. The summed E-state index contributed by atoms with van der Waals surface area (Å²) in [6, 6.07) is 5.50. The second-order valence-corrected chi connectivity index (χ2v) is 4.36. The number of rotatable bonds is 6. The first kappa shape index (κ1) is 14.6. The predicted molar refractivity (Wildman–Crippen MR) is 68.8 cm³/mol. The Morgan fingerprint density at radius 3 is 2.61 bits per heavy atom. The van der Waals surface area contributed by atoms with Crippen LogP contribution in [0.3, 0.4) is 0 Å². The zero-order valence-corrected chi connectivity index (χ0v) is 10.8. The Kier molecular flexibility index (Phi) is 5.78.